The van der Waals surface area contributed by atoms with Gasteiger partial charge in [0.05, 0.1) is 11.8 Å². The Morgan fingerprint density at radius 1 is 0.957 bits per heavy atom. The first-order valence-corrected chi connectivity index (χ1v) is 8.73. The van der Waals surface area contributed by atoms with E-state index in [9.17, 15) is 14.4 Å². The highest BCUT2D eigenvalue weighted by Gasteiger charge is 2.67. The van der Waals surface area contributed by atoms with E-state index in [4.69, 9.17) is 0 Å². The van der Waals surface area contributed by atoms with Gasteiger partial charge in [-0.2, -0.15) is 0 Å². The van der Waals surface area contributed by atoms with Gasteiger partial charge in [0.2, 0.25) is 11.8 Å². The first-order chi connectivity index (χ1) is 11.1. The van der Waals surface area contributed by atoms with Crippen molar-refractivity contribution in [2.45, 2.75) is 6.42 Å². The molecule has 5 aliphatic rings. The number of nitrogens with zero attached hydrogens (tertiary/aromatic N) is 1. The van der Waals surface area contributed by atoms with E-state index in [2.05, 4.69) is 28.1 Å². The minimum Gasteiger partial charge on any atom is -0.274 e. The molecule has 116 valence electrons. The van der Waals surface area contributed by atoms with Gasteiger partial charge in [-0.3, -0.25) is 14.4 Å². The first kappa shape index (κ1) is 13.7. The third kappa shape index (κ3) is 1.69. The standard InChI is InChI=1S/C18H14BrNO3/c19-9-3-1-8(2-4-9)16(21)20-17(22)14-10-5-6-11(13-7-12(10)13)15(14)18(20)23/h1-6,10-15H,7H2/t10-,11-,12-,13-,14-,15+/m0/s1. The molecule has 2 saturated carbocycles. The second-order valence-electron chi connectivity index (χ2n) is 6.98. The molecule has 1 heterocycles. The summed E-state index contributed by atoms with van der Waals surface area (Å²) < 4.78 is 0.851. The van der Waals surface area contributed by atoms with E-state index in [0.717, 1.165) is 15.8 Å². The van der Waals surface area contributed by atoms with Crippen molar-refractivity contribution in [1.29, 1.82) is 0 Å². The van der Waals surface area contributed by atoms with Crippen LogP contribution in [-0.2, 0) is 9.59 Å². The van der Waals surface area contributed by atoms with Gasteiger partial charge in [0, 0.05) is 10.0 Å². The van der Waals surface area contributed by atoms with E-state index in [1.54, 1.807) is 24.3 Å². The van der Waals surface area contributed by atoms with Crippen molar-refractivity contribution in [2.75, 3.05) is 0 Å². The monoisotopic (exact) mass is 371 g/mol. The van der Waals surface area contributed by atoms with E-state index in [0.29, 0.717) is 17.4 Å². The van der Waals surface area contributed by atoms with Crippen LogP contribution < -0.4 is 0 Å². The molecule has 0 spiro atoms. The number of rotatable bonds is 1. The van der Waals surface area contributed by atoms with Crippen molar-refractivity contribution in [3.63, 3.8) is 0 Å². The molecule has 0 unspecified atom stereocenters. The van der Waals surface area contributed by atoms with Crippen molar-refractivity contribution < 1.29 is 14.4 Å². The molecule has 1 aromatic rings. The number of amides is 3. The number of halogens is 1. The summed E-state index contributed by atoms with van der Waals surface area (Å²) >= 11 is 3.32. The topological polar surface area (TPSA) is 54.5 Å². The Bertz CT molecular complexity index is 748. The van der Waals surface area contributed by atoms with E-state index < -0.39 is 5.91 Å². The Hall–Kier alpha value is -1.75. The summed E-state index contributed by atoms with van der Waals surface area (Å²) in [5, 5.41) is 0. The maximum Gasteiger partial charge on any atom is 0.267 e. The maximum atomic E-state index is 12.8. The fourth-order valence-corrected chi connectivity index (χ4v) is 5.14. The molecule has 0 aromatic heterocycles. The van der Waals surface area contributed by atoms with E-state index in [1.807, 2.05) is 0 Å². The predicted octanol–water partition coefficient (Wildman–Crippen LogP) is 2.64. The lowest BCUT2D eigenvalue weighted by molar-refractivity contribution is -0.136. The molecule has 0 N–H and O–H groups in total. The van der Waals surface area contributed by atoms with Crippen LogP contribution in [0.4, 0.5) is 0 Å². The Kier molecular flexibility index (Phi) is 2.62. The number of allylic oxidation sites excluding steroid dienone is 2. The number of imide groups is 3. The largest absolute Gasteiger partial charge is 0.274 e. The zero-order valence-electron chi connectivity index (χ0n) is 12.2. The SMILES string of the molecule is O=C(c1ccc(Br)cc1)N1C(=O)[C@@H]2[C@H]3C=C[C@@H]([C@@H]4C[C@@H]34)[C@@H]2C1=O. The van der Waals surface area contributed by atoms with Gasteiger partial charge in [-0.25, -0.2) is 4.90 Å². The van der Waals surface area contributed by atoms with Crippen molar-refractivity contribution in [3.8, 4) is 0 Å². The van der Waals surface area contributed by atoms with E-state index in [-0.39, 0.29) is 35.5 Å². The molecule has 1 aliphatic heterocycles. The Balaban J connectivity index is 1.52. The maximum absolute atomic E-state index is 12.8. The lowest BCUT2D eigenvalue weighted by atomic mass is 9.63. The summed E-state index contributed by atoms with van der Waals surface area (Å²) in [6, 6.07) is 6.76. The van der Waals surface area contributed by atoms with Crippen LogP contribution in [0.5, 0.6) is 0 Å². The number of carbonyl (C=O) groups excluding carboxylic acids is 3. The van der Waals surface area contributed by atoms with Gasteiger partial charge in [-0.1, -0.05) is 28.1 Å². The van der Waals surface area contributed by atoms with Crippen LogP contribution in [-0.4, -0.2) is 22.6 Å². The van der Waals surface area contributed by atoms with Crippen LogP contribution in [0.25, 0.3) is 0 Å². The quantitative estimate of drug-likeness (QED) is 0.563. The molecule has 1 aromatic carbocycles. The summed E-state index contributed by atoms with van der Waals surface area (Å²) in [6.45, 7) is 0. The van der Waals surface area contributed by atoms with Gasteiger partial charge in [0.1, 0.15) is 0 Å². The lowest BCUT2D eigenvalue weighted by Crippen LogP contribution is -2.40. The minimum absolute atomic E-state index is 0.147. The number of benzene rings is 1. The molecule has 4 nitrogen and oxygen atoms in total. The van der Waals surface area contributed by atoms with Gasteiger partial charge < -0.3 is 0 Å². The van der Waals surface area contributed by atoms with Crippen molar-refractivity contribution in [3.05, 3.63) is 46.5 Å². The lowest BCUT2D eigenvalue weighted by Gasteiger charge is -2.37. The summed E-state index contributed by atoms with van der Waals surface area (Å²) in [5.74, 6) is -0.327. The molecule has 2 bridgehead atoms. The van der Waals surface area contributed by atoms with Crippen LogP contribution in [0.1, 0.15) is 16.8 Å². The normalized spacial score (nSPS) is 39.4. The molecular formula is C18H14BrNO3. The number of hydrogen-bond acceptors (Lipinski definition) is 3. The molecular weight excluding hydrogens is 358 g/mol. The average molecular weight is 372 g/mol. The number of carbonyl (C=O) groups is 3. The summed E-state index contributed by atoms with van der Waals surface area (Å²) in [7, 11) is 0. The molecule has 23 heavy (non-hydrogen) atoms. The first-order valence-electron chi connectivity index (χ1n) is 7.94. The number of likely N-dealkylation sites (tertiary alicyclic amines) is 1. The fourth-order valence-electron chi connectivity index (χ4n) is 4.88. The second-order valence-corrected chi connectivity index (χ2v) is 7.89. The van der Waals surface area contributed by atoms with E-state index >= 15 is 0 Å². The van der Waals surface area contributed by atoms with Crippen LogP contribution in [0.2, 0.25) is 0 Å². The third-order valence-corrected chi connectivity index (χ3v) is 6.49. The highest BCUT2D eigenvalue weighted by atomic mass is 79.9. The van der Waals surface area contributed by atoms with Crippen LogP contribution in [0.15, 0.2) is 40.9 Å². The molecule has 3 amide bonds. The molecule has 5 heteroatoms. The van der Waals surface area contributed by atoms with Gasteiger partial charge in [-0.15, -0.1) is 0 Å². The summed E-state index contributed by atoms with van der Waals surface area (Å²) in [6.07, 6.45) is 5.34. The van der Waals surface area contributed by atoms with Crippen LogP contribution >= 0.6 is 15.9 Å². The smallest absolute Gasteiger partial charge is 0.267 e. The zero-order chi connectivity index (χ0) is 15.9. The Morgan fingerprint density at radius 2 is 1.48 bits per heavy atom. The van der Waals surface area contributed by atoms with Crippen molar-refractivity contribution >= 4 is 33.7 Å². The van der Waals surface area contributed by atoms with Gasteiger partial charge >= 0.3 is 0 Å². The molecule has 6 rings (SSSR count). The summed E-state index contributed by atoms with van der Waals surface area (Å²) in [4.78, 5) is 39.3. The molecule has 3 fully saturated rings. The van der Waals surface area contributed by atoms with Crippen molar-refractivity contribution in [2.24, 2.45) is 35.5 Å². The van der Waals surface area contributed by atoms with E-state index in [1.165, 1.54) is 0 Å². The highest BCUT2D eigenvalue weighted by Crippen LogP contribution is 2.65. The molecule has 0 radical (unpaired) electrons. The highest BCUT2D eigenvalue weighted by molar-refractivity contribution is 9.10. The molecule has 4 aliphatic carbocycles. The molecule has 1 saturated heterocycles. The van der Waals surface area contributed by atoms with Crippen LogP contribution in [0, 0.1) is 35.5 Å². The van der Waals surface area contributed by atoms with Crippen molar-refractivity contribution in [1.82, 2.24) is 4.90 Å². The third-order valence-electron chi connectivity index (χ3n) is 5.96. The Labute approximate surface area is 141 Å². The van der Waals surface area contributed by atoms with Gasteiger partial charge in [0.25, 0.3) is 5.91 Å². The van der Waals surface area contributed by atoms with Gasteiger partial charge in [-0.05, 0) is 54.4 Å². The predicted molar refractivity (Wildman–Crippen MR) is 85.0 cm³/mol. The minimum atomic E-state index is -0.491. The van der Waals surface area contributed by atoms with Crippen LogP contribution in [0.3, 0.4) is 0 Å². The second kappa shape index (κ2) is 4.41. The van der Waals surface area contributed by atoms with Gasteiger partial charge in [0.15, 0.2) is 0 Å². The summed E-state index contributed by atoms with van der Waals surface area (Å²) in [5.41, 5.74) is 0.374. The average Bonchev–Trinajstić information content (AvgIpc) is 3.32. The Morgan fingerprint density at radius 3 is 2.00 bits per heavy atom. The zero-order valence-corrected chi connectivity index (χ0v) is 13.8. The number of hydrogen-bond donors (Lipinski definition) is 0. The molecule has 6 atom stereocenters. The fraction of sp³-hybridized carbons (Fsp3) is 0.389.